The minimum absolute atomic E-state index is 0.154. The predicted molar refractivity (Wildman–Crippen MR) is 90.5 cm³/mol. The second-order valence-corrected chi connectivity index (χ2v) is 6.38. The van der Waals surface area contributed by atoms with Crippen molar-refractivity contribution >= 4 is 22.0 Å². The number of carbonyl (C=O) groups excluding carboxylic acids is 1. The van der Waals surface area contributed by atoms with Gasteiger partial charge in [0.05, 0.1) is 18.0 Å². The fourth-order valence-electron chi connectivity index (χ4n) is 2.44. The van der Waals surface area contributed by atoms with E-state index in [2.05, 4.69) is 31.7 Å². The van der Waals surface area contributed by atoms with Crippen molar-refractivity contribution in [3.8, 4) is 5.69 Å². The molecule has 1 aliphatic heterocycles. The molecule has 0 unspecified atom stereocenters. The van der Waals surface area contributed by atoms with Gasteiger partial charge in [-0.25, -0.2) is 9.48 Å². The van der Waals surface area contributed by atoms with Crippen LogP contribution in [0.15, 0.2) is 41.1 Å². The van der Waals surface area contributed by atoms with Crippen molar-refractivity contribution < 1.29 is 9.53 Å². The molecule has 1 aromatic carbocycles. The van der Waals surface area contributed by atoms with Gasteiger partial charge in [0.25, 0.3) is 0 Å². The lowest BCUT2D eigenvalue weighted by molar-refractivity contribution is 0.111. The first-order chi connectivity index (χ1) is 11.2. The number of nitrogens with zero attached hydrogens (tertiary/aromatic N) is 2. The van der Waals surface area contributed by atoms with Gasteiger partial charge in [0.2, 0.25) is 0 Å². The van der Waals surface area contributed by atoms with Gasteiger partial charge >= 0.3 is 6.03 Å². The number of nitrogens with one attached hydrogen (secondary N) is 2. The number of hydrogen-bond acceptors (Lipinski definition) is 3. The molecule has 7 heteroatoms. The SMILES string of the molecule is O=C(NCc1cnn(-c2ccc(Br)cc2)c1)NC[C@H]1CCCO1. The number of amides is 2. The van der Waals surface area contributed by atoms with E-state index in [0.29, 0.717) is 13.1 Å². The van der Waals surface area contributed by atoms with E-state index in [1.54, 1.807) is 10.9 Å². The summed E-state index contributed by atoms with van der Waals surface area (Å²) >= 11 is 3.41. The lowest BCUT2D eigenvalue weighted by Gasteiger charge is -2.11. The van der Waals surface area contributed by atoms with Crippen LogP contribution in [0.5, 0.6) is 0 Å². The molecule has 23 heavy (non-hydrogen) atoms. The number of ether oxygens (including phenoxy) is 1. The number of benzene rings is 1. The van der Waals surface area contributed by atoms with E-state index < -0.39 is 0 Å². The smallest absolute Gasteiger partial charge is 0.315 e. The molecule has 2 amide bonds. The van der Waals surface area contributed by atoms with Gasteiger partial charge in [0.1, 0.15) is 0 Å². The van der Waals surface area contributed by atoms with Crippen LogP contribution in [-0.2, 0) is 11.3 Å². The molecular weight excluding hydrogens is 360 g/mol. The number of halogens is 1. The van der Waals surface area contributed by atoms with Crippen LogP contribution >= 0.6 is 15.9 Å². The van der Waals surface area contributed by atoms with E-state index in [1.165, 1.54) is 0 Å². The van der Waals surface area contributed by atoms with Crippen molar-refractivity contribution in [2.45, 2.75) is 25.5 Å². The van der Waals surface area contributed by atoms with Gasteiger partial charge in [-0.2, -0.15) is 5.10 Å². The van der Waals surface area contributed by atoms with E-state index >= 15 is 0 Å². The number of carbonyl (C=O) groups is 1. The van der Waals surface area contributed by atoms with Crippen molar-refractivity contribution in [1.29, 1.82) is 0 Å². The molecule has 2 aromatic rings. The van der Waals surface area contributed by atoms with Gasteiger partial charge in [-0.3, -0.25) is 0 Å². The number of rotatable bonds is 5. The van der Waals surface area contributed by atoms with Crippen molar-refractivity contribution in [2.24, 2.45) is 0 Å². The van der Waals surface area contributed by atoms with Gasteiger partial charge in [-0.15, -0.1) is 0 Å². The van der Waals surface area contributed by atoms with Crippen LogP contribution in [0.3, 0.4) is 0 Å². The number of aromatic nitrogens is 2. The molecule has 0 saturated carbocycles. The Morgan fingerprint density at radius 3 is 2.91 bits per heavy atom. The van der Waals surface area contributed by atoms with E-state index in [9.17, 15) is 4.79 Å². The summed E-state index contributed by atoms with van der Waals surface area (Å²) in [4.78, 5) is 11.8. The van der Waals surface area contributed by atoms with E-state index in [4.69, 9.17) is 4.74 Å². The lowest BCUT2D eigenvalue weighted by Crippen LogP contribution is -2.39. The minimum atomic E-state index is -0.183. The minimum Gasteiger partial charge on any atom is -0.376 e. The summed E-state index contributed by atoms with van der Waals surface area (Å²) in [5.74, 6) is 0. The molecule has 2 heterocycles. The molecule has 1 atom stereocenters. The van der Waals surface area contributed by atoms with Crippen LogP contribution in [-0.4, -0.2) is 35.1 Å². The highest BCUT2D eigenvalue weighted by atomic mass is 79.9. The van der Waals surface area contributed by atoms with E-state index in [1.807, 2.05) is 30.5 Å². The molecule has 3 rings (SSSR count). The molecule has 0 spiro atoms. The summed E-state index contributed by atoms with van der Waals surface area (Å²) < 4.78 is 8.28. The van der Waals surface area contributed by atoms with Crippen LogP contribution in [0, 0.1) is 0 Å². The summed E-state index contributed by atoms with van der Waals surface area (Å²) in [5.41, 5.74) is 1.92. The molecule has 1 aliphatic rings. The van der Waals surface area contributed by atoms with Crippen LogP contribution in [0.4, 0.5) is 4.79 Å². The van der Waals surface area contributed by atoms with Crippen molar-refractivity contribution in [2.75, 3.05) is 13.2 Å². The lowest BCUT2D eigenvalue weighted by atomic mass is 10.2. The summed E-state index contributed by atoms with van der Waals surface area (Å²) in [6.07, 6.45) is 5.90. The zero-order valence-corrected chi connectivity index (χ0v) is 14.3. The normalized spacial score (nSPS) is 17.2. The molecule has 6 nitrogen and oxygen atoms in total. The maximum absolute atomic E-state index is 11.8. The molecule has 0 bridgehead atoms. The van der Waals surface area contributed by atoms with Gasteiger partial charge in [0, 0.05) is 35.9 Å². The first-order valence-corrected chi connectivity index (χ1v) is 8.43. The van der Waals surface area contributed by atoms with Crippen LogP contribution < -0.4 is 10.6 Å². The molecule has 2 N–H and O–H groups in total. The van der Waals surface area contributed by atoms with Gasteiger partial charge < -0.3 is 15.4 Å². The topological polar surface area (TPSA) is 68.2 Å². The Labute approximate surface area is 143 Å². The molecule has 0 aliphatic carbocycles. The van der Waals surface area contributed by atoms with Crippen LogP contribution in [0.25, 0.3) is 5.69 Å². The van der Waals surface area contributed by atoms with E-state index in [-0.39, 0.29) is 12.1 Å². The second kappa shape index (κ2) is 7.61. The molecular formula is C16H19BrN4O2. The highest BCUT2D eigenvalue weighted by Gasteiger charge is 2.15. The Morgan fingerprint density at radius 2 is 2.17 bits per heavy atom. The third kappa shape index (κ3) is 4.56. The highest BCUT2D eigenvalue weighted by Crippen LogP contribution is 2.14. The third-order valence-corrected chi connectivity index (χ3v) is 4.22. The Bertz CT molecular complexity index is 650. The summed E-state index contributed by atoms with van der Waals surface area (Å²) in [5, 5.41) is 9.98. The Morgan fingerprint density at radius 1 is 1.35 bits per heavy atom. The first kappa shape index (κ1) is 16.0. The van der Waals surface area contributed by atoms with Gasteiger partial charge in [-0.05, 0) is 37.1 Å². The van der Waals surface area contributed by atoms with Crippen molar-refractivity contribution in [1.82, 2.24) is 20.4 Å². The highest BCUT2D eigenvalue weighted by molar-refractivity contribution is 9.10. The Balaban J connectivity index is 1.47. The summed E-state index contributed by atoms with van der Waals surface area (Å²) in [6.45, 7) is 1.79. The number of urea groups is 1. The zero-order valence-electron chi connectivity index (χ0n) is 12.7. The average molecular weight is 379 g/mol. The summed E-state index contributed by atoms with van der Waals surface area (Å²) in [7, 11) is 0. The quantitative estimate of drug-likeness (QED) is 0.839. The van der Waals surface area contributed by atoms with Gasteiger partial charge in [-0.1, -0.05) is 15.9 Å². The standard InChI is InChI=1S/C16H19BrN4O2/c17-13-3-5-14(6-4-13)21-11-12(9-20-21)8-18-16(22)19-10-15-2-1-7-23-15/h3-6,9,11,15H,1-2,7-8,10H2,(H2,18,19,22)/t15-/m1/s1. The second-order valence-electron chi connectivity index (χ2n) is 5.47. The Kier molecular flexibility index (Phi) is 5.30. The monoisotopic (exact) mass is 378 g/mol. The molecule has 1 saturated heterocycles. The number of hydrogen-bond donors (Lipinski definition) is 2. The van der Waals surface area contributed by atoms with Crippen LogP contribution in [0.1, 0.15) is 18.4 Å². The molecule has 1 fully saturated rings. The fourth-order valence-corrected chi connectivity index (χ4v) is 2.71. The summed E-state index contributed by atoms with van der Waals surface area (Å²) in [6, 6.07) is 7.70. The van der Waals surface area contributed by atoms with E-state index in [0.717, 1.165) is 35.2 Å². The predicted octanol–water partition coefficient (Wildman–Crippen LogP) is 2.61. The van der Waals surface area contributed by atoms with Crippen LogP contribution in [0.2, 0.25) is 0 Å². The average Bonchev–Trinajstić information content (AvgIpc) is 3.23. The van der Waals surface area contributed by atoms with Crippen molar-refractivity contribution in [3.05, 3.63) is 46.7 Å². The first-order valence-electron chi connectivity index (χ1n) is 7.63. The Hall–Kier alpha value is -1.86. The largest absolute Gasteiger partial charge is 0.376 e. The molecule has 0 radical (unpaired) electrons. The maximum atomic E-state index is 11.8. The van der Waals surface area contributed by atoms with Gasteiger partial charge in [0.15, 0.2) is 0 Å². The van der Waals surface area contributed by atoms with Crippen molar-refractivity contribution in [3.63, 3.8) is 0 Å². The molecule has 1 aromatic heterocycles. The zero-order chi connectivity index (χ0) is 16.1. The molecule has 122 valence electrons. The third-order valence-electron chi connectivity index (χ3n) is 3.69. The fraction of sp³-hybridized carbons (Fsp3) is 0.375. The maximum Gasteiger partial charge on any atom is 0.315 e.